The number of rotatable bonds is 9. The molecule has 182 valence electrons. The number of anilines is 2. The molecule has 0 unspecified atom stereocenters. The summed E-state index contributed by atoms with van der Waals surface area (Å²) < 4.78 is 74.7. The van der Waals surface area contributed by atoms with Crippen LogP contribution in [0.4, 0.5) is 31.1 Å². The molecule has 0 amide bonds. The Labute approximate surface area is 186 Å². The van der Waals surface area contributed by atoms with E-state index in [4.69, 9.17) is 10.5 Å². The Morgan fingerprint density at radius 2 is 1.85 bits per heavy atom. The average Bonchev–Trinajstić information content (AvgIpc) is 3.04. The van der Waals surface area contributed by atoms with Crippen molar-refractivity contribution in [2.75, 3.05) is 18.1 Å². The second-order valence-corrected chi connectivity index (χ2v) is 9.81. The van der Waals surface area contributed by atoms with E-state index in [2.05, 4.69) is 15.5 Å². The first kappa shape index (κ1) is 24.5. The Morgan fingerprint density at radius 3 is 2.42 bits per heavy atom. The summed E-state index contributed by atoms with van der Waals surface area (Å²) in [5, 5.41) is 10.6. The van der Waals surface area contributed by atoms with Crippen molar-refractivity contribution in [3.63, 3.8) is 0 Å². The van der Waals surface area contributed by atoms with Gasteiger partial charge in [0.25, 0.3) is 5.88 Å². The van der Waals surface area contributed by atoms with Gasteiger partial charge in [-0.15, -0.1) is 4.68 Å². The number of ketones is 1. The number of nitrogen functional groups attached to an aromatic ring is 1. The van der Waals surface area contributed by atoms with E-state index in [0.717, 1.165) is 23.6 Å². The van der Waals surface area contributed by atoms with Gasteiger partial charge < -0.3 is 15.8 Å². The molecule has 0 saturated heterocycles. The second-order valence-electron chi connectivity index (χ2n) is 7.40. The fraction of sp³-hybridized carbons (Fsp3) is 0.368. The summed E-state index contributed by atoms with van der Waals surface area (Å²) in [4.78, 5) is 10.6. The number of Topliss-reactive ketones (excluding diaryl/α,β-unsaturated/α-hetero) is 1. The van der Waals surface area contributed by atoms with Crippen molar-refractivity contribution in [3.8, 4) is 5.88 Å². The number of halogens is 5. The van der Waals surface area contributed by atoms with Crippen LogP contribution in [0.2, 0.25) is 0 Å². The molecular formula is C19H24F5N6O2S+. The highest BCUT2D eigenvalue weighted by atomic mass is 32.5. The third kappa shape index (κ3) is 5.43. The van der Waals surface area contributed by atoms with Gasteiger partial charge in [0, 0.05) is 30.4 Å². The van der Waals surface area contributed by atoms with E-state index in [1.165, 1.54) is 17.6 Å². The van der Waals surface area contributed by atoms with E-state index in [-0.39, 0.29) is 41.4 Å². The zero-order valence-corrected chi connectivity index (χ0v) is 18.9. The van der Waals surface area contributed by atoms with Crippen LogP contribution >= 0.6 is 10.2 Å². The summed E-state index contributed by atoms with van der Waals surface area (Å²) in [6.45, 7) is 3.37. The van der Waals surface area contributed by atoms with Gasteiger partial charge >= 0.3 is 21.8 Å². The van der Waals surface area contributed by atoms with Crippen molar-refractivity contribution in [2.45, 2.75) is 44.2 Å². The van der Waals surface area contributed by atoms with Gasteiger partial charge in [-0.1, -0.05) is 37.8 Å². The molecule has 0 aliphatic rings. The lowest BCUT2D eigenvalue weighted by atomic mass is 10.1. The second kappa shape index (κ2) is 7.71. The number of carbonyl (C=O) groups excluding carboxylic acids is 1. The van der Waals surface area contributed by atoms with Crippen LogP contribution in [0, 0.1) is 0 Å². The van der Waals surface area contributed by atoms with Gasteiger partial charge in [0.05, 0.1) is 0 Å². The average molecular weight is 495 g/mol. The number of ether oxygens (including phenoxy) is 1. The number of nitrogens with one attached hydrogen (secondary N) is 1. The van der Waals surface area contributed by atoms with Gasteiger partial charge in [-0.05, 0) is 41.2 Å². The minimum absolute atomic E-state index is 0.0590. The zero-order chi connectivity index (χ0) is 24.7. The van der Waals surface area contributed by atoms with E-state index in [1.54, 1.807) is 6.07 Å². The summed E-state index contributed by atoms with van der Waals surface area (Å²) >= 11 is 0. The van der Waals surface area contributed by atoms with E-state index >= 15 is 0 Å². The van der Waals surface area contributed by atoms with Gasteiger partial charge in [-0.3, -0.25) is 4.79 Å². The standard InChI is InChI=1S/C19H24F5N6O2S/c1-4-14(5-2)32-17-6-7-18-29(28-19(25)30(18)27-17)11-16(31)12-8-13(26-3)10-15(9-12)33(20,21,22,23)24/h6-10,14,26H,4-5,11H2,1-3H3,(H2,25,28)/q+1. The Hall–Kier alpha value is -3.16. The summed E-state index contributed by atoms with van der Waals surface area (Å²) in [7, 11) is -8.75. The molecule has 0 aliphatic carbocycles. The number of fused-ring (bicyclic) bond motifs is 1. The Morgan fingerprint density at radius 1 is 1.18 bits per heavy atom. The predicted molar refractivity (Wildman–Crippen MR) is 114 cm³/mol. The highest BCUT2D eigenvalue weighted by molar-refractivity contribution is 8.45. The van der Waals surface area contributed by atoms with Crippen LogP contribution in [-0.4, -0.2) is 33.6 Å². The lowest BCUT2D eigenvalue weighted by Crippen LogP contribution is -2.40. The van der Waals surface area contributed by atoms with E-state index in [9.17, 15) is 24.2 Å². The fourth-order valence-electron chi connectivity index (χ4n) is 3.14. The van der Waals surface area contributed by atoms with Gasteiger partial charge in [0.1, 0.15) is 11.0 Å². The molecule has 3 rings (SSSR count). The lowest BCUT2D eigenvalue weighted by molar-refractivity contribution is -0.714. The SMILES string of the molecule is CCC(CC)Oc1ccc2n(n1)c(N)n[n+]2CC(=O)c1cc(NC)cc(S(F)(F)(F)(F)F)c1. The number of nitrogens with two attached hydrogens (primary N) is 1. The lowest BCUT2D eigenvalue weighted by Gasteiger charge is -2.40. The first-order valence-electron chi connectivity index (χ1n) is 9.97. The molecule has 3 aromatic rings. The Bertz CT molecular complexity index is 1210. The topological polar surface area (TPSA) is 98.4 Å². The van der Waals surface area contributed by atoms with Crippen LogP contribution in [0.5, 0.6) is 5.88 Å². The molecule has 2 aromatic heterocycles. The molecule has 0 saturated carbocycles. The Kier molecular flexibility index (Phi) is 5.72. The molecule has 0 aliphatic heterocycles. The predicted octanol–water partition coefficient (Wildman–Crippen LogP) is 4.75. The number of nitrogens with zero attached hydrogens (tertiary/aromatic N) is 4. The maximum Gasteiger partial charge on any atom is 0.355 e. The number of hydrogen-bond donors (Lipinski definition) is 2. The Balaban J connectivity index is 1.96. The largest absolute Gasteiger partial charge is 0.472 e. The summed E-state index contributed by atoms with van der Waals surface area (Å²) in [5.41, 5.74) is 5.29. The van der Waals surface area contributed by atoms with E-state index in [0.29, 0.717) is 0 Å². The van der Waals surface area contributed by atoms with Crippen molar-refractivity contribution in [3.05, 3.63) is 35.9 Å². The van der Waals surface area contributed by atoms with Gasteiger partial charge in [-0.25, -0.2) is 0 Å². The number of carbonyl (C=O) groups is 1. The van der Waals surface area contributed by atoms with Gasteiger partial charge in [0.15, 0.2) is 6.54 Å². The summed E-state index contributed by atoms with van der Waals surface area (Å²) in [5.74, 6) is -0.692. The molecule has 0 bridgehead atoms. The molecule has 0 radical (unpaired) electrons. The number of aromatic nitrogens is 4. The van der Waals surface area contributed by atoms with Gasteiger partial charge in [0.2, 0.25) is 5.78 Å². The van der Waals surface area contributed by atoms with E-state index < -0.39 is 33.0 Å². The molecule has 0 fully saturated rings. The first-order chi connectivity index (χ1) is 15.1. The molecule has 2 heterocycles. The molecule has 14 heteroatoms. The van der Waals surface area contributed by atoms with Crippen LogP contribution in [0.15, 0.2) is 35.2 Å². The quantitative estimate of drug-likeness (QED) is 0.253. The van der Waals surface area contributed by atoms with Gasteiger partial charge in [-0.2, -0.15) is 0 Å². The summed E-state index contributed by atoms with van der Waals surface area (Å²) in [6, 6.07) is 4.54. The fourth-order valence-corrected chi connectivity index (χ4v) is 3.84. The minimum atomic E-state index is -10.00. The smallest absolute Gasteiger partial charge is 0.355 e. The maximum absolute atomic E-state index is 13.3. The third-order valence-corrected chi connectivity index (χ3v) is 6.08. The molecule has 8 nitrogen and oxygen atoms in total. The molecule has 0 spiro atoms. The first-order valence-corrected chi connectivity index (χ1v) is 11.9. The van der Waals surface area contributed by atoms with Crippen molar-refractivity contribution in [1.82, 2.24) is 14.7 Å². The maximum atomic E-state index is 13.3. The zero-order valence-electron chi connectivity index (χ0n) is 18.1. The normalized spacial score (nSPS) is 14.2. The molecule has 0 atom stereocenters. The van der Waals surface area contributed by atoms with Crippen molar-refractivity contribution in [2.24, 2.45) is 0 Å². The molecule has 33 heavy (non-hydrogen) atoms. The third-order valence-electron chi connectivity index (χ3n) is 4.95. The van der Waals surface area contributed by atoms with Crippen molar-refractivity contribution in [1.29, 1.82) is 0 Å². The van der Waals surface area contributed by atoms with Crippen LogP contribution < -0.4 is 20.5 Å². The number of hydrogen-bond acceptors (Lipinski definition) is 6. The van der Waals surface area contributed by atoms with Crippen molar-refractivity contribution >= 4 is 33.3 Å². The number of benzene rings is 1. The molecule has 3 N–H and O–H groups in total. The molecule has 1 aromatic carbocycles. The highest BCUT2D eigenvalue weighted by Gasteiger charge is 2.65. The highest BCUT2D eigenvalue weighted by Crippen LogP contribution is 3.02. The minimum Gasteiger partial charge on any atom is -0.472 e. The van der Waals surface area contributed by atoms with Crippen LogP contribution in [0.25, 0.3) is 5.65 Å². The van der Waals surface area contributed by atoms with Crippen LogP contribution in [-0.2, 0) is 6.54 Å². The summed E-state index contributed by atoms with van der Waals surface area (Å²) in [6.07, 6.45) is 1.46. The van der Waals surface area contributed by atoms with Crippen LogP contribution in [0.1, 0.15) is 37.0 Å². The monoisotopic (exact) mass is 495 g/mol. The van der Waals surface area contributed by atoms with E-state index in [1.807, 2.05) is 13.8 Å². The molecular weight excluding hydrogens is 471 g/mol. The van der Waals surface area contributed by atoms with Crippen LogP contribution in [0.3, 0.4) is 0 Å². The van der Waals surface area contributed by atoms with Crippen molar-refractivity contribution < 1.29 is 33.6 Å².